The molecular formula is C19H22F3N3O3S. The molecule has 1 unspecified atom stereocenters. The maximum absolute atomic E-state index is 13.4. The molecule has 0 bridgehead atoms. The van der Waals surface area contributed by atoms with Gasteiger partial charge in [0, 0.05) is 11.9 Å². The van der Waals surface area contributed by atoms with Crippen molar-refractivity contribution < 1.29 is 27.8 Å². The van der Waals surface area contributed by atoms with E-state index in [1.807, 2.05) is 6.92 Å². The van der Waals surface area contributed by atoms with E-state index in [9.17, 15) is 23.1 Å². The van der Waals surface area contributed by atoms with E-state index in [4.69, 9.17) is 17.0 Å². The van der Waals surface area contributed by atoms with Gasteiger partial charge in [0.2, 0.25) is 0 Å². The van der Waals surface area contributed by atoms with Gasteiger partial charge in [0.25, 0.3) is 5.91 Å². The second-order valence-corrected chi connectivity index (χ2v) is 6.85. The Morgan fingerprint density at radius 3 is 2.76 bits per heavy atom. The molecule has 2 rings (SSSR count). The smallest absolute Gasteiger partial charge is 0.420 e. The van der Waals surface area contributed by atoms with Crippen LogP contribution in [0.25, 0.3) is 0 Å². The van der Waals surface area contributed by atoms with Crippen LogP contribution in [0.1, 0.15) is 31.7 Å². The van der Waals surface area contributed by atoms with Crippen LogP contribution in [-0.2, 0) is 11.0 Å². The van der Waals surface area contributed by atoms with Crippen molar-refractivity contribution in [1.29, 1.82) is 0 Å². The number of ether oxygens (including phenoxy) is 1. The molecule has 1 amide bonds. The van der Waals surface area contributed by atoms with Crippen molar-refractivity contribution in [2.24, 2.45) is 4.99 Å². The molecule has 0 spiro atoms. The van der Waals surface area contributed by atoms with Crippen LogP contribution in [0.2, 0.25) is 0 Å². The Kier molecular flexibility index (Phi) is 7.74. The molecule has 6 nitrogen and oxygen atoms in total. The third kappa shape index (κ3) is 6.53. The number of allylic oxidation sites excluding steroid dienone is 1. The number of rotatable bonds is 7. The van der Waals surface area contributed by atoms with Gasteiger partial charge in [-0.1, -0.05) is 19.8 Å². The summed E-state index contributed by atoms with van der Waals surface area (Å²) in [6, 6.07) is 3.42. The van der Waals surface area contributed by atoms with Gasteiger partial charge in [-0.2, -0.15) is 13.2 Å². The normalized spacial score (nSPS) is 18.4. The highest BCUT2D eigenvalue weighted by Gasteiger charge is 2.36. The van der Waals surface area contributed by atoms with Crippen molar-refractivity contribution >= 4 is 35.1 Å². The quantitative estimate of drug-likeness (QED) is 0.457. The Hall–Kier alpha value is -2.46. The predicted molar refractivity (Wildman–Crippen MR) is 108 cm³/mol. The average molecular weight is 429 g/mol. The molecule has 0 fully saturated rings. The van der Waals surface area contributed by atoms with Gasteiger partial charge in [0.1, 0.15) is 5.75 Å². The van der Waals surface area contributed by atoms with Gasteiger partial charge in [-0.05, 0) is 49.0 Å². The molecule has 0 saturated heterocycles. The summed E-state index contributed by atoms with van der Waals surface area (Å²) in [5, 5.41) is 14.7. The van der Waals surface area contributed by atoms with Crippen molar-refractivity contribution in [3.05, 3.63) is 35.9 Å². The number of dihydropyridines is 1. The Morgan fingerprint density at radius 1 is 1.38 bits per heavy atom. The van der Waals surface area contributed by atoms with E-state index < -0.39 is 23.2 Å². The summed E-state index contributed by atoms with van der Waals surface area (Å²) in [7, 11) is 0. The Balaban J connectivity index is 2.06. The predicted octanol–water partition coefficient (Wildman–Crippen LogP) is 3.46. The van der Waals surface area contributed by atoms with E-state index in [0.717, 1.165) is 18.9 Å². The fraction of sp³-hybridized carbons (Fsp3) is 0.421. The fourth-order valence-corrected chi connectivity index (χ4v) is 2.73. The summed E-state index contributed by atoms with van der Waals surface area (Å²) < 4.78 is 45.4. The molecule has 1 aromatic carbocycles. The van der Waals surface area contributed by atoms with Gasteiger partial charge in [-0.25, -0.2) is 0 Å². The summed E-state index contributed by atoms with van der Waals surface area (Å²) in [4.78, 5) is 16.0. The van der Waals surface area contributed by atoms with Gasteiger partial charge in [-0.3, -0.25) is 9.79 Å². The van der Waals surface area contributed by atoms with Crippen LogP contribution in [0, 0.1) is 0 Å². The SMILES string of the molecule is CCCCCOc1ccc(NC(=S)NC(=O)C2(O)C=CC=NC2)cc1C(F)(F)F. The molecule has 1 heterocycles. The molecular weight excluding hydrogens is 407 g/mol. The number of hydrogen-bond donors (Lipinski definition) is 3. The van der Waals surface area contributed by atoms with E-state index in [0.29, 0.717) is 6.42 Å². The molecule has 3 N–H and O–H groups in total. The van der Waals surface area contributed by atoms with Crippen molar-refractivity contribution in [2.75, 3.05) is 18.5 Å². The average Bonchev–Trinajstić information content (AvgIpc) is 2.65. The van der Waals surface area contributed by atoms with Crippen LogP contribution >= 0.6 is 12.2 Å². The zero-order valence-electron chi connectivity index (χ0n) is 15.8. The van der Waals surface area contributed by atoms with Crippen molar-refractivity contribution in [1.82, 2.24) is 5.32 Å². The lowest BCUT2D eigenvalue weighted by Crippen LogP contribution is -2.51. The Morgan fingerprint density at radius 2 is 2.14 bits per heavy atom. The number of anilines is 1. The number of aliphatic imine (C=N–C) groups is 1. The van der Waals surface area contributed by atoms with E-state index in [2.05, 4.69) is 15.6 Å². The number of aliphatic hydroxyl groups is 1. The minimum atomic E-state index is -4.62. The lowest BCUT2D eigenvalue weighted by atomic mass is 10.0. The first-order chi connectivity index (χ1) is 13.7. The number of amides is 1. The minimum absolute atomic E-state index is 0.0210. The number of nitrogens with one attached hydrogen (secondary N) is 2. The first-order valence-electron chi connectivity index (χ1n) is 9.02. The zero-order chi connectivity index (χ0) is 21.5. The molecule has 1 aliphatic rings. The molecule has 0 radical (unpaired) electrons. The molecule has 1 atom stereocenters. The summed E-state index contributed by atoms with van der Waals surface area (Å²) in [6.45, 7) is 1.99. The highest BCUT2D eigenvalue weighted by Crippen LogP contribution is 2.38. The number of hydrogen-bond acceptors (Lipinski definition) is 5. The van der Waals surface area contributed by atoms with Crippen molar-refractivity contribution in [3.63, 3.8) is 0 Å². The lowest BCUT2D eigenvalue weighted by molar-refractivity contribution is -0.139. The first kappa shape index (κ1) is 22.8. The summed E-state index contributed by atoms with van der Waals surface area (Å²) in [5.41, 5.74) is -2.79. The molecule has 1 aliphatic heterocycles. The van der Waals surface area contributed by atoms with Crippen LogP contribution in [0.15, 0.2) is 35.3 Å². The van der Waals surface area contributed by atoms with Gasteiger partial charge in [0.15, 0.2) is 10.7 Å². The second kappa shape index (κ2) is 9.84. The highest BCUT2D eigenvalue weighted by atomic mass is 32.1. The minimum Gasteiger partial charge on any atom is -0.493 e. The zero-order valence-corrected chi connectivity index (χ0v) is 16.6. The first-order valence-corrected chi connectivity index (χ1v) is 9.43. The van der Waals surface area contributed by atoms with Gasteiger partial charge in [-0.15, -0.1) is 0 Å². The third-order valence-corrected chi connectivity index (χ3v) is 4.27. The second-order valence-electron chi connectivity index (χ2n) is 6.45. The summed E-state index contributed by atoms with van der Waals surface area (Å²) >= 11 is 4.97. The molecule has 0 saturated carbocycles. The Bertz CT molecular complexity index is 812. The number of alkyl halides is 3. The number of carbonyl (C=O) groups excluding carboxylic acids is 1. The van der Waals surface area contributed by atoms with E-state index in [1.165, 1.54) is 30.5 Å². The van der Waals surface area contributed by atoms with E-state index in [1.54, 1.807) is 0 Å². The number of carbonyl (C=O) groups is 1. The monoisotopic (exact) mass is 429 g/mol. The van der Waals surface area contributed by atoms with Gasteiger partial charge in [0.05, 0.1) is 18.7 Å². The molecule has 0 aliphatic carbocycles. The maximum atomic E-state index is 13.4. The number of unbranched alkanes of at least 4 members (excludes halogenated alkanes) is 2. The molecule has 29 heavy (non-hydrogen) atoms. The van der Waals surface area contributed by atoms with E-state index >= 15 is 0 Å². The number of benzene rings is 1. The topological polar surface area (TPSA) is 83.0 Å². The van der Waals surface area contributed by atoms with Crippen molar-refractivity contribution in [2.45, 2.75) is 38.0 Å². The van der Waals surface area contributed by atoms with Crippen LogP contribution < -0.4 is 15.4 Å². The van der Waals surface area contributed by atoms with Gasteiger partial charge >= 0.3 is 6.18 Å². The molecule has 158 valence electrons. The lowest BCUT2D eigenvalue weighted by Gasteiger charge is -2.23. The van der Waals surface area contributed by atoms with Crippen LogP contribution in [0.3, 0.4) is 0 Å². The maximum Gasteiger partial charge on any atom is 0.420 e. The molecule has 10 heteroatoms. The van der Waals surface area contributed by atoms with Crippen molar-refractivity contribution in [3.8, 4) is 5.75 Å². The number of halogens is 3. The number of thiocarbonyl (C=S) groups is 1. The third-order valence-electron chi connectivity index (χ3n) is 4.06. The van der Waals surface area contributed by atoms with Crippen LogP contribution in [-0.4, -0.2) is 41.1 Å². The summed E-state index contributed by atoms with van der Waals surface area (Å²) in [6.07, 6.45) is 1.93. The fourth-order valence-electron chi connectivity index (χ4n) is 2.52. The highest BCUT2D eigenvalue weighted by molar-refractivity contribution is 7.80. The van der Waals surface area contributed by atoms with Crippen LogP contribution in [0.5, 0.6) is 5.75 Å². The number of nitrogens with zero attached hydrogens (tertiary/aromatic N) is 1. The van der Waals surface area contributed by atoms with Gasteiger partial charge < -0.3 is 20.5 Å². The van der Waals surface area contributed by atoms with E-state index in [-0.39, 0.29) is 29.7 Å². The summed E-state index contributed by atoms with van der Waals surface area (Å²) in [5.74, 6) is -1.11. The molecule has 0 aromatic heterocycles. The molecule has 1 aromatic rings. The Labute approximate surface area is 171 Å². The van der Waals surface area contributed by atoms with Crippen LogP contribution in [0.4, 0.5) is 18.9 Å². The largest absolute Gasteiger partial charge is 0.493 e. The standard InChI is InChI=1S/C19H22F3N3O3S/c1-2-3-4-10-28-15-7-6-13(11-14(15)19(20,21)22)24-17(29)25-16(26)18(27)8-5-9-23-12-18/h5-9,11,27H,2-4,10,12H2,1H3,(H2,24,25,26,29).